The molecule has 1 aromatic carbocycles. The molecule has 0 bridgehead atoms. The van der Waals surface area contributed by atoms with Crippen molar-refractivity contribution in [3.05, 3.63) is 27.1 Å². The summed E-state index contributed by atoms with van der Waals surface area (Å²) in [4.78, 5) is 11.2. The van der Waals surface area contributed by atoms with Gasteiger partial charge >= 0.3 is 5.97 Å². The van der Waals surface area contributed by atoms with Crippen molar-refractivity contribution in [2.45, 2.75) is 30.7 Å². The molecular weight excluding hydrogens is 402 g/mol. The summed E-state index contributed by atoms with van der Waals surface area (Å²) in [6.07, 6.45) is 0.132. The number of sulfonamides is 1. The molecule has 0 aliphatic rings. The van der Waals surface area contributed by atoms with Gasteiger partial charge in [0.25, 0.3) is 0 Å². The molecule has 0 aromatic heterocycles. The van der Waals surface area contributed by atoms with Crippen molar-refractivity contribution >= 4 is 47.9 Å². The number of aliphatic carboxylic acids is 1. The van der Waals surface area contributed by atoms with E-state index in [-0.39, 0.29) is 11.3 Å². The molecule has 1 aromatic rings. The second kappa shape index (κ2) is 5.90. The van der Waals surface area contributed by atoms with Gasteiger partial charge in [-0.05, 0) is 47.5 Å². The average molecular weight is 415 g/mol. The second-order valence-electron chi connectivity index (χ2n) is 4.17. The van der Waals surface area contributed by atoms with Crippen LogP contribution in [-0.4, -0.2) is 25.0 Å². The topological polar surface area (TPSA) is 83.5 Å². The highest BCUT2D eigenvalue weighted by Gasteiger charge is 2.36. The Kier molecular flexibility index (Phi) is 5.16. The van der Waals surface area contributed by atoms with Crippen LogP contribution in [0.1, 0.15) is 20.3 Å². The van der Waals surface area contributed by atoms with Gasteiger partial charge in [0.2, 0.25) is 10.0 Å². The first-order chi connectivity index (χ1) is 8.62. The molecule has 0 spiro atoms. The first-order valence-corrected chi connectivity index (χ1v) is 8.42. The maximum Gasteiger partial charge on any atom is 0.324 e. The molecule has 0 saturated carbocycles. The maximum atomic E-state index is 12.3. The highest BCUT2D eigenvalue weighted by atomic mass is 79.9. The quantitative estimate of drug-likeness (QED) is 0.775. The summed E-state index contributed by atoms with van der Waals surface area (Å²) in [6.45, 7) is 2.94. The first kappa shape index (κ1) is 16.6. The summed E-state index contributed by atoms with van der Waals surface area (Å²) in [7, 11) is -3.94. The van der Waals surface area contributed by atoms with E-state index in [4.69, 9.17) is 5.11 Å². The molecule has 1 atom stereocenters. The number of carboxylic acid groups (broad SMARTS) is 1. The first-order valence-electron chi connectivity index (χ1n) is 5.35. The molecule has 19 heavy (non-hydrogen) atoms. The van der Waals surface area contributed by atoms with Crippen molar-refractivity contribution in [2.24, 2.45) is 0 Å². The SMILES string of the molecule is CCC(C)(NS(=O)(=O)c1cc(Br)ccc1Br)C(=O)O. The largest absolute Gasteiger partial charge is 0.480 e. The van der Waals surface area contributed by atoms with Crippen molar-refractivity contribution in [3.8, 4) is 0 Å². The Morgan fingerprint density at radius 2 is 2.00 bits per heavy atom. The Morgan fingerprint density at radius 3 is 2.47 bits per heavy atom. The van der Waals surface area contributed by atoms with E-state index in [2.05, 4.69) is 36.6 Å². The van der Waals surface area contributed by atoms with Crippen LogP contribution < -0.4 is 4.72 Å². The van der Waals surface area contributed by atoms with E-state index >= 15 is 0 Å². The number of rotatable bonds is 5. The van der Waals surface area contributed by atoms with Gasteiger partial charge < -0.3 is 5.11 Å². The van der Waals surface area contributed by atoms with E-state index in [1.165, 1.54) is 13.0 Å². The van der Waals surface area contributed by atoms with Gasteiger partial charge in [0, 0.05) is 8.95 Å². The fourth-order valence-electron chi connectivity index (χ4n) is 1.30. The maximum absolute atomic E-state index is 12.3. The molecule has 0 aliphatic carbocycles. The lowest BCUT2D eigenvalue weighted by Gasteiger charge is -2.24. The zero-order valence-electron chi connectivity index (χ0n) is 10.3. The van der Waals surface area contributed by atoms with Gasteiger partial charge in [-0.2, -0.15) is 4.72 Å². The molecule has 0 aliphatic heterocycles. The Labute approximate surface area is 128 Å². The zero-order valence-corrected chi connectivity index (χ0v) is 14.3. The number of carboxylic acids is 1. The lowest BCUT2D eigenvalue weighted by molar-refractivity contribution is -0.143. The second-order valence-corrected chi connectivity index (χ2v) is 7.59. The van der Waals surface area contributed by atoms with E-state index in [9.17, 15) is 13.2 Å². The molecule has 5 nitrogen and oxygen atoms in total. The Balaban J connectivity index is 3.26. The van der Waals surface area contributed by atoms with E-state index in [1.54, 1.807) is 19.1 Å². The van der Waals surface area contributed by atoms with Crippen LogP contribution in [0.25, 0.3) is 0 Å². The van der Waals surface area contributed by atoms with Gasteiger partial charge in [0.15, 0.2) is 0 Å². The summed E-state index contributed by atoms with van der Waals surface area (Å²) in [6, 6.07) is 4.66. The van der Waals surface area contributed by atoms with Crippen LogP contribution >= 0.6 is 31.9 Å². The van der Waals surface area contributed by atoms with Gasteiger partial charge in [-0.3, -0.25) is 4.79 Å². The molecule has 8 heteroatoms. The lowest BCUT2D eigenvalue weighted by atomic mass is 10.0. The van der Waals surface area contributed by atoms with Crippen molar-refractivity contribution in [1.29, 1.82) is 0 Å². The van der Waals surface area contributed by atoms with Gasteiger partial charge in [0.1, 0.15) is 5.54 Å². The minimum Gasteiger partial charge on any atom is -0.480 e. The molecule has 0 heterocycles. The van der Waals surface area contributed by atoms with Crippen LogP contribution in [0.15, 0.2) is 32.0 Å². The lowest BCUT2D eigenvalue weighted by Crippen LogP contribution is -2.51. The molecule has 0 radical (unpaired) electrons. The molecule has 0 saturated heterocycles. The summed E-state index contributed by atoms with van der Waals surface area (Å²) < 4.78 is 27.7. The van der Waals surface area contributed by atoms with Crippen LogP contribution in [0.2, 0.25) is 0 Å². The van der Waals surface area contributed by atoms with Gasteiger partial charge in [-0.25, -0.2) is 8.42 Å². The number of halogens is 2. The minimum absolute atomic E-state index is 0.0113. The number of benzene rings is 1. The monoisotopic (exact) mass is 413 g/mol. The summed E-state index contributed by atoms with van der Waals surface area (Å²) in [5, 5.41) is 9.12. The normalized spacial score (nSPS) is 14.9. The van der Waals surface area contributed by atoms with Gasteiger partial charge in [-0.15, -0.1) is 0 Å². The minimum atomic E-state index is -3.94. The van der Waals surface area contributed by atoms with Crippen LogP contribution in [0.4, 0.5) is 0 Å². The zero-order chi connectivity index (χ0) is 14.8. The highest BCUT2D eigenvalue weighted by molar-refractivity contribution is 9.11. The summed E-state index contributed by atoms with van der Waals surface area (Å²) in [5.74, 6) is -1.22. The molecule has 106 valence electrons. The Morgan fingerprint density at radius 1 is 1.42 bits per heavy atom. The number of hydrogen-bond donors (Lipinski definition) is 2. The van der Waals surface area contributed by atoms with Crippen LogP contribution in [0.5, 0.6) is 0 Å². The van der Waals surface area contributed by atoms with Crippen LogP contribution in [0.3, 0.4) is 0 Å². The van der Waals surface area contributed by atoms with Gasteiger partial charge in [-0.1, -0.05) is 22.9 Å². The molecule has 2 N–H and O–H groups in total. The summed E-state index contributed by atoms with van der Waals surface area (Å²) >= 11 is 6.33. The molecule has 1 rings (SSSR count). The number of nitrogens with one attached hydrogen (secondary N) is 1. The van der Waals surface area contributed by atoms with Gasteiger partial charge in [0.05, 0.1) is 4.90 Å². The molecule has 1 unspecified atom stereocenters. The average Bonchev–Trinajstić information content (AvgIpc) is 2.31. The van der Waals surface area contributed by atoms with E-state index in [1.807, 2.05) is 0 Å². The number of carbonyl (C=O) groups is 1. The van der Waals surface area contributed by atoms with Crippen LogP contribution in [0, 0.1) is 0 Å². The summed E-state index contributed by atoms with van der Waals surface area (Å²) in [5.41, 5.74) is -1.54. The molecule has 0 amide bonds. The van der Waals surface area contributed by atoms with Crippen molar-refractivity contribution in [3.63, 3.8) is 0 Å². The standard InChI is InChI=1S/C11H13Br2NO4S/c1-3-11(2,10(15)16)14-19(17,18)9-6-7(12)4-5-8(9)13/h4-6,14H,3H2,1-2H3,(H,15,16). The number of hydrogen-bond acceptors (Lipinski definition) is 3. The molecular formula is C11H13Br2NO4S. The van der Waals surface area contributed by atoms with Crippen molar-refractivity contribution in [1.82, 2.24) is 4.72 Å². The third-order valence-electron chi connectivity index (χ3n) is 2.72. The highest BCUT2D eigenvalue weighted by Crippen LogP contribution is 2.27. The predicted molar refractivity (Wildman–Crippen MR) is 78.5 cm³/mol. The van der Waals surface area contributed by atoms with Crippen molar-refractivity contribution in [2.75, 3.05) is 0 Å². The Hall–Kier alpha value is -0.440. The van der Waals surface area contributed by atoms with E-state index < -0.39 is 21.5 Å². The fourth-order valence-corrected chi connectivity index (χ4v) is 4.24. The molecule has 0 fully saturated rings. The van der Waals surface area contributed by atoms with Crippen molar-refractivity contribution < 1.29 is 18.3 Å². The third-order valence-corrected chi connectivity index (χ3v) is 5.80. The predicted octanol–water partition coefficient (Wildman–Crippen LogP) is 2.74. The Bertz CT molecular complexity index is 603. The third kappa shape index (κ3) is 3.77. The smallest absolute Gasteiger partial charge is 0.324 e. The fraction of sp³-hybridized carbons (Fsp3) is 0.364. The van der Waals surface area contributed by atoms with E-state index in [0.29, 0.717) is 8.95 Å². The van der Waals surface area contributed by atoms with E-state index in [0.717, 1.165) is 0 Å². The van der Waals surface area contributed by atoms with Crippen LogP contribution in [-0.2, 0) is 14.8 Å².